The molecule has 1 aliphatic carbocycles. The van der Waals surface area contributed by atoms with Crippen LogP contribution in [0.3, 0.4) is 0 Å². The highest BCUT2D eigenvalue weighted by molar-refractivity contribution is 7.09. The monoisotopic (exact) mass is 503 g/mol. The van der Waals surface area contributed by atoms with Crippen molar-refractivity contribution in [3.63, 3.8) is 0 Å². The molecular weight excluding hydrogens is 479 g/mol. The lowest BCUT2D eigenvalue weighted by atomic mass is 9.90. The number of amides is 2. The van der Waals surface area contributed by atoms with Crippen LogP contribution in [-0.4, -0.2) is 28.9 Å². The van der Waals surface area contributed by atoms with Crippen molar-refractivity contribution in [3.05, 3.63) is 81.8 Å². The third-order valence-corrected chi connectivity index (χ3v) is 6.59. The first-order valence-corrected chi connectivity index (χ1v) is 12.1. The maximum absolute atomic E-state index is 12.8. The largest absolute Gasteiger partial charge is 0.486 e. The number of hydrogen-bond acceptors (Lipinski definition) is 5. The Labute approximate surface area is 204 Å². The summed E-state index contributed by atoms with van der Waals surface area (Å²) in [6.07, 6.45) is -1.35. The molecule has 0 spiro atoms. The summed E-state index contributed by atoms with van der Waals surface area (Å²) in [4.78, 5) is 29.8. The van der Waals surface area contributed by atoms with E-state index in [4.69, 9.17) is 4.74 Å². The number of aromatic nitrogens is 1. The maximum Gasteiger partial charge on any atom is 0.416 e. The molecule has 1 aromatic heterocycles. The van der Waals surface area contributed by atoms with Crippen LogP contribution in [0.5, 0.6) is 5.75 Å². The predicted octanol–water partition coefficient (Wildman–Crippen LogP) is 5.21. The van der Waals surface area contributed by atoms with Gasteiger partial charge < -0.3 is 15.4 Å². The van der Waals surface area contributed by atoms with E-state index >= 15 is 0 Å². The summed E-state index contributed by atoms with van der Waals surface area (Å²) >= 11 is 1.32. The number of hydrogen-bond donors (Lipinski definition) is 2. The molecule has 6 nitrogen and oxygen atoms in total. The zero-order valence-corrected chi connectivity index (χ0v) is 19.5. The summed E-state index contributed by atoms with van der Waals surface area (Å²) < 4.78 is 44.0. The Kier molecular flexibility index (Phi) is 7.70. The number of carbonyl (C=O) groups excluding carboxylic acids is 2. The molecule has 1 saturated carbocycles. The molecule has 0 unspecified atom stereocenters. The first-order valence-electron chi connectivity index (χ1n) is 11.2. The summed E-state index contributed by atoms with van der Waals surface area (Å²) in [5.74, 6) is -0.102. The molecule has 0 saturated heterocycles. The van der Waals surface area contributed by atoms with Gasteiger partial charge in [0.2, 0.25) is 0 Å². The standard InChI is InChI=1S/C25H24F3N3O3S/c26-25(27,28)17-12-10-16(11-13-17)23(32)30-19-8-4-5-9-20(19)31-24(33)21-15-35-22(29-21)14-34-18-6-2-1-3-7-18/h1-3,6-7,10-13,15,19-20H,4-5,8-9,14H2,(H,30,32)(H,31,33)/t19-,20+/m1/s1. The van der Waals surface area contributed by atoms with E-state index in [0.29, 0.717) is 23.6 Å². The number of thiazole rings is 1. The second kappa shape index (κ2) is 10.9. The van der Waals surface area contributed by atoms with Crippen molar-refractivity contribution in [2.75, 3.05) is 0 Å². The smallest absolute Gasteiger partial charge is 0.416 e. The highest BCUT2D eigenvalue weighted by Crippen LogP contribution is 2.29. The lowest BCUT2D eigenvalue weighted by Gasteiger charge is -2.32. The highest BCUT2D eigenvalue weighted by atomic mass is 32.1. The van der Waals surface area contributed by atoms with Gasteiger partial charge >= 0.3 is 6.18 Å². The molecule has 2 atom stereocenters. The van der Waals surface area contributed by atoms with E-state index in [2.05, 4.69) is 15.6 Å². The second-order valence-electron chi connectivity index (χ2n) is 8.25. The molecule has 0 bridgehead atoms. The molecular formula is C25H24F3N3O3S. The van der Waals surface area contributed by atoms with E-state index in [9.17, 15) is 22.8 Å². The van der Waals surface area contributed by atoms with Crippen LogP contribution in [0.15, 0.2) is 60.0 Å². The SMILES string of the molecule is O=C(N[C@@H]1CCCC[C@@H]1NC(=O)c1csc(COc2ccccc2)n1)c1ccc(C(F)(F)F)cc1. The van der Waals surface area contributed by atoms with Crippen LogP contribution in [0.4, 0.5) is 13.2 Å². The van der Waals surface area contributed by atoms with Crippen LogP contribution in [0.25, 0.3) is 0 Å². The summed E-state index contributed by atoms with van der Waals surface area (Å²) in [6.45, 7) is 0.247. The van der Waals surface area contributed by atoms with Gasteiger partial charge in [0.25, 0.3) is 11.8 Å². The topological polar surface area (TPSA) is 80.3 Å². The number of carbonyl (C=O) groups is 2. The summed E-state index contributed by atoms with van der Waals surface area (Å²) in [7, 11) is 0. The summed E-state index contributed by atoms with van der Waals surface area (Å²) in [5.41, 5.74) is -0.398. The number of rotatable bonds is 7. The van der Waals surface area contributed by atoms with Crippen LogP contribution in [0, 0.1) is 0 Å². The molecule has 184 valence electrons. The average Bonchev–Trinajstić information content (AvgIpc) is 3.33. The van der Waals surface area contributed by atoms with E-state index in [1.165, 1.54) is 11.3 Å². The average molecular weight is 504 g/mol. The van der Waals surface area contributed by atoms with Crippen LogP contribution < -0.4 is 15.4 Å². The maximum atomic E-state index is 12.8. The fraction of sp³-hybridized carbons (Fsp3) is 0.320. The molecule has 1 fully saturated rings. The molecule has 35 heavy (non-hydrogen) atoms. The van der Waals surface area contributed by atoms with E-state index < -0.39 is 17.6 Å². The first-order chi connectivity index (χ1) is 16.8. The normalized spacial score (nSPS) is 18.0. The fourth-order valence-corrected chi connectivity index (χ4v) is 4.61. The van der Waals surface area contributed by atoms with Crippen LogP contribution in [0.2, 0.25) is 0 Å². The molecule has 2 aromatic carbocycles. The molecule has 2 N–H and O–H groups in total. The Morgan fingerprint density at radius 3 is 2.20 bits per heavy atom. The van der Waals surface area contributed by atoms with Crippen molar-refractivity contribution in [3.8, 4) is 5.75 Å². The second-order valence-corrected chi connectivity index (χ2v) is 9.19. The van der Waals surface area contributed by atoms with Crippen LogP contribution in [-0.2, 0) is 12.8 Å². The number of benzene rings is 2. The summed E-state index contributed by atoms with van der Waals surface area (Å²) in [5, 5.41) is 8.16. The Hall–Kier alpha value is -3.40. The number of ether oxygens (including phenoxy) is 1. The van der Waals surface area contributed by atoms with Gasteiger partial charge in [-0.3, -0.25) is 9.59 Å². The fourth-order valence-electron chi connectivity index (χ4n) is 3.92. The van der Waals surface area contributed by atoms with Crippen molar-refractivity contribution >= 4 is 23.2 Å². The minimum atomic E-state index is -4.46. The lowest BCUT2D eigenvalue weighted by Crippen LogP contribution is -2.53. The molecule has 0 radical (unpaired) electrons. The zero-order valence-electron chi connectivity index (χ0n) is 18.7. The number of nitrogens with one attached hydrogen (secondary N) is 2. The summed E-state index contributed by atoms with van der Waals surface area (Å²) in [6, 6.07) is 12.7. The number of halogens is 3. The Morgan fingerprint density at radius 2 is 1.57 bits per heavy atom. The van der Waals surface area contributed by atoms with E-state index in [-0.39, 0.29) is 35.9 Å². The molecule has 3 aromatic rings. The minimum absolute atomic E-state index is 0.135. The van der Waals surface area contributed by atoms with E-state index in [0.717, 1.165) is 37.1 Å². The Balaban J connectivity index is 1.34. The molecule has 0 aliphatic heterocycles. The van der Waals surface area contributed by atoms with Crippen molar-refractivity contribution in [1.82, 2.24) is 15.6 Å². The third kappa shape index (κ3) is 6.60. The quantitative estimate of drug-likeness (QED) is 0.464. The molecule has 10 heteroatoms. The van der Waals surface area contributed by atoms with Gasteiger partial charge in [0, 0.05) is 23.0 Å². The van der Waals surface area contributed by atoms with Gasteiger partial charge in [-0.1, -0.05) is 31.0 Å². The van der Waals surface area contributed by atoms with Gasteiger partial charge in [-0.25, -0.2) is 4.98 Å². The van der Waals surface area contributed by atoms with Gasteiger partial charge in [-0.15, -0.1) is 11.3 Å². The van der Waals surface area contributed by atoms with E-state index in [1.807, 2.05) is 30.3 Å². The Bertz CT molecular complexity index is 1150. The van der Waals surface area contributed by atoms with Crippen molar-refractivity contribution in [2.45, 2.75) is 50.6 Å². The molecule has 2 amide bonds. The van der Waals surface area contributed by atoms with Crippen molar-refractivity contribution < 1.29 is 27.5 Å². The molecule has 1 aliphatic rings. The number of nitrogens with zero attached hydrogens (tertiary/aromatic N) is 1. The van der Waals surface area contributed by atoms with Crippen LogP contribution in [0.1, 0.15) is 57.1 Å². The van der Waals surface area contributed by atoms with Gasteiger partial charge in [0.15, 0.2) is 0 Å². The van der Waals surface area contributed by atoms with E-state index in [1.54, 1.807) is 5.38 Å². The zero-order chi connectivity index (χ0) is 24.8. The number of alkyl halides is 3. The molecule has 1 heterocycles. The van der Waals surface area contributed by atoms with Crippen molar-refractivity contribution in [1.29, 1.82) is 0 Å². The Morgan fingerprint density at radius 1 is 0.943 bits per heavy atom. The predicted molar refractivity (Wildman–Crippen MR) is 125 cm³/mol. The molecule has 4 rings (SSSR count). The van der Waals surface area contributed by atoms with Gasteiger partial charge in [-0.05, 0) is 49.2 Å². The van der Waals surface area contributed by atoms with Crippen LogP contribution >= 0.6 is 11.3 Å². The van der Waals surface area contributed by atoms with Gasteiger partial charge in [0.05, 0.1) is 5.56 Å². The van der Waals surface area contributed by atoms with Gasteiger partial charge in [0.1, 0.15) is 23.1 Å². The number of para-hydroxylation sites is 1. The highest BCUT2D eigenvalue weighted by Gasteiger charge is 2.31. The minimum Gasteiger partial charge on any atom is -0.486 e. The lowest BCUT2D eigenvalue weighted by molar-refractivity contribution is -0.137. The van der Waals surface area contributed by atoms with Crippen molar-refractivity contribution in [2.24, 2.45) is 0 Å². The third-order valence-electron chi connectivity index (χ3n) is 5.76. The first kappa shape index (κ1) is 24.7. The van der Waals surface area contributed by atoms with Gasteiger partial charge in [-0.2, -0.15) is 13.2 Å².